The SMILES string of the molecule is COC(=O)[C@H](C#N)C1=C(C(SC)=C(C#N)C#N)CCC1. The normalized spacial score (nSPS) is 14.8. The van der Waals surface area contributed by atoms with Crippen LogP contribution in [0.25, 0.3) is 0 Å². The maximum atomic E-state index is 11.7. The maximum absolute atomic E-state index is 11.7. The largest absolute Gasteiger partial charge is 0.468 e. The van der Waals surface area contributed by atoms with Crippen LogP contribution in [0.15, 0.2) is 21.6 Å². The Kier molecular flexibility index (Phi) is 5.84. The van der Waals surface area contributed by atoms with Crippen molar-refractivity contribution in [3.8, 4) is 18.2 Å². The third-order valence-corrected chi connectivity index (χ3v) is 3.96. The molecule has 1 rings (SSSR count). The zero-order valence-electron chi connectivity index (χ0n) is 11.3. The van der Waals surface area contributed by atoms with Crippen LogP contribution in [0.5, 0.6) is 0 Å². The van der Waals surface area contributed by atoms with E-state index in [1.54, 1.807) is 6.26 Å². The number of ether oxygens (including phenoxy) is 1. The highest BCUT2D eigenvalue weighted by Gasteiger charge is 2.31. The Balaban J connectivity index is 3.41. The van der Waals surface area contributed by atoms with Gasteiger partial charge < -0.3 is 4.74 Å². The predicted molar refractivity (Wildman–Crippen MR) is 73.8 cm³/mol. The topological polar surface area (TPSA) is 97.7 Å². The number of rotatable bonds is 4. The molecule has 20 heavy (non-hydrogen) atoms. The van der Waals surface area contributed by atoms with E-state index in [1.165, 1.54) is 18.9 Å². The van der Waals surface area contributed by atoms with Gasteiger partial charge in [-0.2, -0.15) is 15.8 Å². The fourth-order valence-electron chi connectivity index (χ4n) is 2.24. The van der Waals surface area contributed by atoms with Crippen LogP contribution in [0.2, 0.25) is 0 Å². The molecule has 0 radical (unpaired) electrons. The Morgan fingerprint density at radius 2 is 1.95 bits per heavy atom. The lowest BCUT2D eigenvalue weighted by molar-refractivity contribution is -0.142. The van der Waals surface area contributed by atoms with Gasteiger partial charge in [0.25, 0.3) is 0 Å². The van der Waals surface area contributed by atoms with E-state index in [2.05, 4.69) is 4.74 Å². The number of nitrogens with zero attached hydrogens (tertiary/aromatic N) is 3. The molecule has 5 nitrogen and oxygen atoms in total. The number of thioether (sulfide) groups is 1. The highest BCUT2D eigenvalue weighted by atomic mass is 32.2. The van der Waals surface area contributed by atoms with E-state index in [4.69, 9.17) is 10.5 Å². The van der Waals surface area contributed by atoms with Gasteiger partial charge in [0.15, 0.2) is 5.92 Å². The van der Waals surface area contributed by atoms with Crippen molar-refractivity contribution in [1.82, 2.24) is 0 Å². The van der Waals surface area contributed by atoms with E-state index in [0.29, 0.717) is 23.3 Å². The summed E-state index contributed by atoms with van der Waals surface area (Å²) in [5.41, 5.74) is 1.47. The summed E-state index contributed by atoms with van der Waals surface area (Å²) in [5, 5.41) is 27.2. The number of nitriles is 3. The Morgan fingerprint density at radius 1 is 1.30 bits per heavy atom. The molecule has 0 spiro atoms. The average molecular weight is 287 g/mol. The van der Waals surface area contributed by atoms with Crippen LogP contribution < -0.4 is 0 Å². The first-order chi connectivity index (χ1) is 9.64. The number of hydrogen-bond acceptors (Lipinski definition) is 6. The molecule has 0 amide bonds. The number of carbonyl (C=O) groups is 1. The third kappa shape index (κ3) is 3.02. The van der Waals surface area contributed by atoms with Gasteiger partial charge in [0, 0.05) is 4.91 Å². The maximum Gasteiger partial charge on any atom is 0.327 e. The minimum absolute atomic E-state index is 0.0217. The highest BCUT2D eigenvalue weighted by Crippen LogP contribution is 2.40. The minimum atomic E-state index is -0.960. The Morgan fingerprint density at radius 3 is 2.40 bits per heavy atom. The van der Waals surface area contributed by atoms with Gasteiger partial charge in [-0.15, -0.1) is 11.8 Å². The number of allylic oxidation sites excluding steroid dienone is 2. The van der Waals surface area contributed by atoms with Gasteiger partial charge in [-0.25, -0.2) is 0 Å². The number of carbonyl (C=O) groups excluding carboxylic acids is 1. The molecule has 0 aromatic heterocycles. The molecule has 0 N–H and O–H groups in total. The van der Waals surface area contributed by atoms with Gasteiger partial charge in [0.05, 0.1) is 13.2 Å². The molecule has 1 aliphatic rings. The fourth-order valence-corrected chi connectivity index (χ4v) is 3.01. The molecular weight excluding hydrogens is 274 g/mol. The summed E-state index contributed by atoms with van der Waals surface area (Å²) < 4.78 is 4.64. The lowest BCUT2D eigenvalue weighted by atomic mass is 9.96. The van der Waals surface area contributed by atoms with Crippen LogP contribution >= 0.6 is 11.8 Å². The standard InChI is InChI=1S/C14H13N3O2S/c1-19-14(18)12(8-17)10-4-3-5-11(10)13(20-2)9(6-15)7-16/h12H,3-5H2,1-2H3/t12-/m1/s1. The second-order valence-electron chi connectivity index (χ2n) is 4.07. The second-order valence-corrected chi connectivity index (χ2v) is 4.89. The van der Waals surface area contributed by atoms with Gasteiger partial charge in [0.2, 0.25) is 0 Å². The summed E-state index contributed by atoms with van der Waals surface area (Å²) in [5.74, 6) is -1.56. The summed E-state index contributed by atoms with van der Waals surface area (Å²) in [6, 6.07) is 5.68. The molecule has 6 heteroatoms. The van der Waals surface area contributed by atoms with Crippen LogP contribution in [0.4, 0.5) is 0 Å². The van der Waals surface area contributed by atoms with Gasteiger partial charge in [0.1, 0.15) is 17.7 Å². The Bertz CT molecular complexity index is 583. The minimum Gasteiger partial charge on any atom is -0.468 e. The monoisotopic (exact) mass is 287 g/mol. The summed E-state index contributed by atoms with van der Waals surface area (Å²) in [6.07, 6.45) is 3.84. The molecule has 0 aromatic carbocycles. The van der Waals surface area contributed by atoms with E-state index in [9.17, 15) is 10.1 Å². The van der Waals surface area contributed by atoms with Gasteiger partial charge in [-0.3, -0.25) is 4.79 Å². The van der Waals surface area contributed by atoms with Crippen molar-refractivity contribution in [3.05, 3.63) is 21.6 Å². The van der Waals surface area contributed by atoms with Crippen molar-refractivity contribution < 1.29 is 9.53 Å². The average Bonchev–Trinajstić information content (AvgIpc) is 2.94. The third-order valence-electron chi connectivity index (χ3n) is 3.10. The van der Waals surface area contributed by atoms with Crippen LogP contribution in [-0.4, -0.2) is 19.3 Å². The molecule has 0 fully saturated rings. The van der Waals surface area contributed by atoms with Gasteiger partial charge in [-0.05, 0) is 36.7 Å². The van der Waals surface area contributed by atoms with Gasteiger partial charge in [-0.1, -0.05) is 0 Å². The summed E-state index contributed by atoms with van der Waals surface area (Å²) >= 11 is 1.29. The molecule has 0 bridgehead atoms. The molecule has 1 aliphatic carbocycles. The number of methoxy groups -OCH3 is 1. The molecule has 0 unspecified atom stereocenters. The van der Waals surface area contributed by atoms with E-state index in [1.807, 2.05) is 18.2 Å². The molecule has 0 aromatic rings. The lowest BCUT2D eigenvalue weighted by Crippen LogP contribution is -2.17. The van der Waals surface area contributed by atoms with Crippen molar-refractivity contribution in [2.45, 2.75) is 19.3 Å². The van der Waals surface area contributed by atoms with E-state index in [0.717, 1.165) is 12.0 Å². The zero-order chi connectivity index (χ0) is 15.1. The Labute approximate surface area is 122 Å². The van der Waals surface area contributed by atoms with Crippen LogP contribution in [-0.2, 0) is 9.53 Å². The molecule has 0 aliphatic heterocycles. The predicted octanol–water partition coefficient (Wildman–Crippen LogP) is 2.44. The lowest BCUT2D eigenvalue weighted by Gasteiger charge is -2.13. The first kappa shape index (κ1) is 15.8. The molecule has 1 atom stereocenters. The highest BCUT2D eigenvalue weighted by molar-refractivity contribution is 8.02. The van der Waals surface area contributed by atoms with Crippen molar-refractivity contribution in [2.75, 3.05) is 13.4 Å². The van der Waals surface area contributed by atoms with Gasteiger partial charge >= 0.3 is 5.97 Å². The first-order valence-corrected chi connectivity index (χ1v) is 7.15. The van der Waals surface area contributed by atoms with Crippen molar-refractivity contribution >= 4 is 17.7 Å². The van der Waals surface area contributed by atoms with Crippen LogP contribution in [0.3, 0.4) is 0 Å². The molecule has 0 saturated heterocycles. The molecule has 0 saturated carbocycles. The summed E-state index contributed by atoms with van der Waals surface area (Å²) in [7, 11) is 1.24. The van der Waals surface area contributed by atoms with Crippen molar-refractivity contribution in [2.24, 2.45) is 5.92 Å². The van der Waals surface area contributed by atoms with Crippen molar-refractivity contribution in [3.63, 3.8) is 0 Å². The van der Waals surface area contributed by atoms with E-state index < -0.39 is 11.9 Å². The molecule has 102 valence electrons. The quantitative estimate of drug-likeness (QED) is 0.582. The van der Waals surface area contributed by atoms with Crippen LogP contribution in [0.1, 0.15) is 19.3 Å². The number of hydrogen-bond donors (Lipinski definition) is 0. The zero-order valence-corrected chi connectivity index (χ0v) is 12.1. The smallest absolute Gasteiger partial charge is 0.327 e. The fraction of sp³-hybridized carbons (Fsp3) is 0.429. The summed E-state index contributed by atoms with van der Waals surface area (Å²) in [4.78, 5) is 12.2. The second kappa shape index (κ2) is 7.38. The van der Waals surface area contributed by atoms with E-state index in [-0.39, 0.29) is 5.57 Å². The van der Waals surface area contributed by atoms with Crippen molar-refractivity contribution in [1.29, 1.82) is 15.8 Å². The molecular formula is C14H13N3O2S. The van der Waals surface area contributed by atoms with E-state index >= 15 is 0 Å². The van der Waals surface area contributed by atoms with Crippen LogP contribution in [0, 0.1) is 39.9 Å². The number of esters is 1. The summed E-state index contributed by atoms with van der Waals surface area (Å²) in [6.45, 7) is 0. The first-order valence-electron chi connectivity index (χ1n) is 5.92. The Hall–Kier alpha value is -2.23. The molecule has 0 heterocycles.